The Labute approximate surface area is 172 Å². The summed E-state index contributed by atoms with van der Waals surface area (Å²) in [6.45, 7) is 3.93. The molecule has 0 bridgehead atoms. The highest BCUT2D eigenvalue weighted by molar-refractivity contribution is 6.03. The third-order valence-corrected chi connectivity index (χ3v) is 4.81. The van der Waals surface area contributed by atoms with Gasteiger partial charge < -0.3 is 20.3 Å². The van der Waals surface area contributed by atoms with E-state index in [1.54, 1.807) is 18.2 Å². The minimum Gasteiger partial charge on any atom is -0.492 e. The van der Waals surface area contributed by atoms with E-state index in [-0.39, 0.29) is 17.9 Å². The van der Waals surface area contributed by atoms with Crippen LogP contribution in [0.4, 0.5) is 5.69 Å². The van der Waals surface area contributed by atoms with Crippen LogP contribution in [-0.2, 0) is 4.79 Å². The summed E-state index contributed by atoms with van der Waals surface area (Å²) in [4.78, 5) is 26.8. The van der Waals surface area contributed by atoms with Crippen LogP contribution < -0.4 is 15.4 Å². The molecule has 1 aliphatic rings. The van der Waals surface area contributed by atoms with Crippen LogP contribution >= 0.6 is 0 Å². The second-order valence-corrected chi connectivity index (χ2v) is 7.56. The Morgan fingerprint density at radius 3 is 2.66 bits per heavy atom. The Kier molecular flexibility index (Phi) is 7.25. The fraction of sp³-hybridized carbons (Fsp3) is 0.391. The molecule has 29 heavy (non-hydrogen) atoms. The van der Waals surface area contributed by atoms with Gasteiger partial charge in [0.1, 0.15) is 12.4 Å². The topological polar surface area (TPSA) is 70.7 Å². The molecule has 2 amide bonds. The number of para-hydroxylation sites is 1. The van der Waals surface area contributed by atoms with Crippen molar-refractivity contribution in [3.8, 4) is 5.75 Å². The van der Waals surface area contributed by atoms with E-state index in [0.717, 1.165) is 25.1 Å². The first-order valence-corrected chi connectivity index (χ1v) is 10.1. The van der Waals surface area contributed by atoms with E-state index < -0.39 is 0 Å². The molecular formula is C23H29N3O3. The van der Waals surface area contributed by atoms with Crippen molar-refractivity contribution in [2.24, 2.45) is 0 Å². The largest absolute Gasteiger partial charge is 0.492 e. The molecule has 6 nitrogen and oxygen atoms in total. The number of carbonyl (C=O) groups is 2. The smallest absolute Gasteiger partial charge is 0.253 e. The molecule has 1 aliphatic carbocycles. The van der Waals surface area contributed by atoms with Gasteiger partial charge in [0.25, 0.3) is 5.91 Å². The van der Waals surface area contributed by atoms with Gasteiger partial charge in [-0.1, -0.05) is 24.3 Å². The Hall–Kier alpha value is -2.86. The van der Waals surface area contributed by atoms with E-state index in [2.05, 4.69) is 15.5 Å². The molecule has 0 unspecified atom stereocenters. The lowest BCUT2D eigenvalue weighted by Crippen LogP contribution is -2.29. The SMILES string of the molecule is Cc1cccc(OCCN(C)CCC(=O)Nc2ccccc2C(=O)NC2CC2)c1. The average molecular weight is 396 g/mol. The van der Waals surface area contributed by atoms with Gasteiger partial charge in [-0.3, -0.25) is 9.59 Å². The molecular weight excluding hydrogens is 366 g/mol. The van der Waals surface area contributed by atoms with Gasteiger partial charge in [-0.15, -0.1) is 0 Å². The standard InChI is InChI=1S/C23H29N3O3/c1-17-6-5-7-19(16-17)29-15-14-26(2)13-12-22(27)25-21-9-4-3-8-20(21)23(28)24-18-10-11-18/h3-9,16,18H,10-15H2,1-2H3,(H,24,28)(H,25,27). The minimum atomic E-state index is -0.131. The first kappa shape index (κ1) is 20.9. The molecule has 2 aromatic rings. The maximum absolute atomic E-state index is 12.4. The molecule has 0 heterocycles. The van der Waals surface area contributed by atoms with Gasteiger partial charge in [-0.2, -0.15) is 0 Å². The normalized spacial score (nSPS) is 13.2. The number of nitrogens with zero attached hydrogens (tertiary/aromatic N) is 1. The van der Waals surface area contributed by atoms with Crippen LogP contribution in [-0.4, -0.2) is 49.5 Å². The predicted molar refractivity (Wildman–Crippen MR) is 114 cm³/mol. The van der Waals surface area contributed by atoms with Gasteiger partial charge in [-0.05, 0) is 56.6 Å². The Morgan fingerprint density at radius 2 is 1.90 bits per heavy atom. The molecule has 0 aliphatic heterocycles. The van der Waals surface area contributed by atoms with Crippen molar-refractivity contribution in [1.82, 2.24) is 10.2 Å². The van der Waals surface area contributed by atoms with Crippen LogP contribution in [0, 0.1) is 6.92 Å². The van der Waals surface area contributed by atoms with Crippen LogP contribution in [0.15, 0.2) is 48.5 Å². The van der Waals surface area contributed by atoms with Crippen molar-refractivity contribution in [2.45, 2.75) is 32.2 Å². The molecule has 2 aromatic carbocycles. The summed E-state index contributed by atoms with van der Waals surface area (Å²) in [5, 5.41) is 5.83. The van der Waals surface area contributed by atoms with Gasteiger partial charge in [0.2, 0.25) is 5.91 Å². The van der Waals surface area contributed by atoms with Gasteiger partial charge in [0, 0.05) is 25.6 Å². The van der Waals surface area contributed by atoms with Gasteiger partial charge in [0.05, 0.1) is 11.3 Å². The predicted octanol–water partition coefficient (Wildman–Crippen LogP) is 3.23. The van der Waals surface area contributed by atoms with Crippen molar-refractivity contribution < 1.29 is 14.3 Å². The maximum atomic E-state index is 12.4. The van der Waals surface area contributed by atoms with Gasteiger partial charge in [-0.25, -0.2) is 0 Å². The Balaban J connectivity index is 1.41. The number of nitrogens with one attached hydrogen (secondary N) is 2. The number of rotatable bonds is 10. The first-order valence-electron chi connectivity index (χ1n) is 10.1. The highest BCUT2D eigenvalue weighted by Crippen LogP contribution is 2.21. The molecule has 1 fully saturated rings. The van der Waals surface area contributed by atoms with Crippen LogP contribution in [0.5, 0.6) is 5.75 Å². The summed E-state index contributed by atoms with van der Waals surface area (Å²) in [5.74, 6) is 0.620. The summed E-state index contributed by atoms with van der Waals surface area (Å²) in [6, 6.07) is 15.4. The highest BCUT2D eigenvalue weighted by atomic mass is 16.5. The lowest BCUT2D eigenvalue weighted by atomic mass is 10.1. The molecule has 2 N–H and O–H groups in total. The summed E-state index contributed by atoms with van der Waals surface area (Å²) in [5.41, 5.74) is 2.23. The van der Waals surface area contributed by atoms with E-state index >= 15 is 0 Å². The van der Waals surface area contributed by atoms with Crippen LogP contribution in [0.25, 0.3) is 0 Å². The summed E-state index contributed by atoms with van der Waals surface area (Å²) in [7, 11) is 1.96. The van der Waals surface area contributed by atoms with Crippen LogP contribution in [0.3, 0.4) is 0 Å². The third-order valence-electron chi connectivity index (χ3n) is 4.81. The minimum absolute atomic E-state index is 0.108. The number of aryl methyl sites for hydroxylation is 1. The number of hydrogen-bond donors (Lipinski definition) is 2. The van der Waals surface area contributed by atoms with E-state index in [0.29, 0.717) is 30.8 Å². The summed E-state index contributed by atoms with van der Waals surface area (Å²) >= 11 is 0. The van der Waals surface area contributed by atoms with Crippen molar-refractivity contribution in [1.29, 1.82) is 0 Å². The molecule has 6 heteroatoms. The Morgan fingerprint density at radius 1 is 1.10 bits per heavy atom. The molecule has 0 aromatic heterocycles. The zero-order valence-corrected chi connectivity index (χ0v) is 17.1. The van der Waals surface area contributed by atoms with Gasteiger partial charge in [0.15, 0.2) is 0 Å². The number of benzene rings is 2. The molecule has 0 atom stereocenters. The van der Waals surface area contributed by atoms with E-state index in [9.17, 15) is 9.59 Å². The molecule has 0 spiro atoms. The number of amides is 2. The van der Waals surface area contributed by atoms with E-state index in [4.69, 9.17) is 4.74 Å². The monoisotopic (exact) mass is 395 g/mol. The third kappa shape index (κ3) is 6.91. The number of ether oxygens (including phenoxy) is 1. The highest BCUT2D eigenvalue weighted by Gasteiger charge is 2.25. The fourth-order valence-corrected chi connectivity index (χ4v) is 2.92. The van der Waals surface area contributed by atoms with Crippen molar-refractivity contribution in [2.75, 3.05) is 32.1 Å². The zero-order chi connectivity index (χ0) is 20.6. The number of hydrogen-bond acceptors (Lipinski definition) is 4. The van der Waals surface area contributed by atoms with Crippen molar-refractivity contribution in [3.05, 3.63) is 59.7 Å². The molecule has 0 saturated heterocycles. The van der Waals surface area contributed by atoms with Gasteiger partial charge >= 0.3 is 0 Å². The quantitative estimate of drug-likeness (QED) is 0.648. The fourth-order valence-electron chi connectivity index (χ4n) is 2.92. The van der Waals surface area contributed by atoms with Crippen molar-refractivity contribution in [3.63, 3.8) is 0 Å². The van der Waals surface area contributed by atoms with E-state index in [1.165, 1.54) is 5.56 Å². The molecule has 154 valence electrons. The second-order valence-electron chi connectivity index (χ2n) is 7.56. The maximum Gasteiger partial charge on any atom is 0.253 e. The van der Waals surface area contributed by atoms with Crippen molar-refractivity contribution >= 4 is 17.5 Å². The number of anilines is 1. The lowest BCUT2D eigenvalue weighted by molar-refractivity contribution is -0.116. The summed E-state index contributed by atoms with van der Waals surface area (Å²) < 4.78 is 5.75. The summed E-state index contributed by atoms with van der Waals surface area (Å²) in [6.07, 6.45) is 2.40. The molecule has 0 radical (unpaired) electrons. The lowest BCUT2D eigenvalue weighted by Gasteiger charge is -2.17. The molecule has 3 rings (SSSR count). The Bertz CT molecular complexity index is 849. The van der Waals surface area contributed by atoms with Crippen LogP contribution in [0.1, 0.15) is 35.2 Å². The second kappa shape index (κ2) is 10.1. The average Bonchev–Trinajstić information content (AvgIpc) is 3.51. The zero-order valence-electron chi connectivity index (χ0n) is 17.1. The van der Waals surface area contributed by atoms with Crippen LogP contribution in [0.2, 0.25) is 0 Å². The molecule has 1 saturated carbocycles. The van der Waals surface area contributed by atoms with E-state index in [1.807, 2.05) is 44.3 Å². The first-order chi connectivity index (χ1) is 14.0. The number of likely N-dealkylation sites (N-methyl/N-ethyl adjacent to an activating group) is 1. The number of carbonyl (C=O) groups excluding carboxylic acids is 2.